The highest BCUT2D eigenvalue weighted by Gasteiger charge is 2.31. The molecule has 0 spiro atoms. The third kappa shape index (κ3) is 3.69. The summed E-state index contributed by atoms with van der Waals surface area (Å²) in [5.74, 6) is -5.19. The van der Waals surface area contributed by atoms with Gasteiger partial charge in [0.1, 0.15) is 11.2 Å². The molecule has 1 amide bonds. The number of alkyl halides is 3. The maximum absolute atomic E-state index is 14.0. The lowest BCUT2D eigenvalue weighted by molar-refractivity contribution is -0.0927. The van der Waals surface area contributed by atoms with Crippen molar-refractivity contribution in [1.82, 2.24) is 9.97 Å². The predicted molar refractivity (Wildman–Crippen MR) is 82.8 cm³/mol. The van der Waals surface area contributed by atoms with E-state index in [1.165, 1.54) is 6.07 Å². The number of benzene rings is 1. The minimum Gasteiger partial charge on any atom is -0.364 e. The molecule has 0 aliphatic carbocycles. The molecule has 0 unspecified atom stereocenters. The molecule has 0 atom stereocenters. The molecule has 2 heterocycles. The number of carbonyl (C=O) groups excluding carboxylic acids is 1. The highest BCUT2D eigenvalue weighted by atomic mass is 19.4. The van der Waals surface area contributed by atoms with Crippen molar-refractivity contribution in [2.75, 3.05) is 0 Å². The average Bonchev–Trinajstić information content (AvgIpc) is 2.58. The van der Waals surface area contributed by atoms with Crippen molar-refractivity contribution in [1.29, 1.82) is 0 Å². The fraction of sp³-hybridized carbons (Fsp3) is 0.0588. The molecule has 27 heavy (non-hydrogen) atoms. The Morgan fingerprint density at radius 1 is 1.07 bits per heavy atom. The lowest BCUT2D eigenvalue weighted by atomic mass is 10.0. The minimum absolute atomic E-state index is 0.0125. The first-order valence-electron chi connectivity index (χ1n) is 7.24. The summed E-state index contributed by atoms with van der Waals surface area (Å²) in [4.78, 5) is 18.5. The normalized spacial score (nSPS) is 11.8. The number of aromatic nitrogens is 2. The zero-order valence-electron chi connectivity index (χ0n) is 13.1. The molecule has 2 aromatic heterocycles. The summed E-state index contributed by atoms with van der Waals surface area (Å²) in [5, 5.41) is -0.742. The number of rotatable bonds is 3. The summed E-state index contributed by atoms with van der Waals surface area (Å²) in [6, 6.07) is 3.24. The van der Waals surface area contributed by atoms with E-state index in [-0.39, 0.29) is 29.4 Å². The van der Waals surface area contributed by atoms with Crippen LogP contribution in [-0.4, -0.2) is 22.1 Å². The van der Waals surface area contributed by atoms with Crippen molar-refractivity contribution >= 4 is 16.8 Å². The van der Waals surface area contributed by atoms with Crippen molar-refractivity contribution < 1.29 is 31.1 Å². The molecule has 1 radical (unpaired) electrons. The number of nitrogens with two attached hydrogens (primary N) is 1. The van der Waals surface area contributed by atoms with Gasteiger partial charge < -0.3 is 5.73 Å². The van der Waals surface area contributed by atoms with Crippen LogP contribution in [0.4, 0.5) is 26.3 Å². The van der Waals surface area contributed by atoms with E-state index >= 15 is 0 Å². The number of fused-ring (bicyclic) bond motifs is 1. The van der Waals surface area contributed by atoms with E-state index in [1.807, 2.05) is 0 Å². The van der Waals surface area contributed by atoms with E-state index in [2.05, 4.69) is 9.97 Å². The van der Waals surface area contributed by atoms with Crippen molar-refractivity contribution in [3.63, 3.8) is 0 Å². The second kappa shape index (κ2) is 6.53. The van der Waals surface area contributed by atoms with Crippen LogP contribution in [0.25, 0.3) is 22.2 Å². The summed E-state index contributed by atoms with van der Waals surface area (Å²) < 4.78 is 79.9. The standard InChI is InChI=1S/C17H8F6N3O/c18-10-4-11(19)15-9(13(10)20)3-8(5-17(21,22)23)14(26-15)7-1-2-12(16(24)27)25-6-7/h1-6H,(H2,24,27). The van der Waals surface area contributed by atoms with E-state index < -0.39 is 46.0 Å². The number of primary amides is 1. The number of carbonyl (C=O) groups is 1. The molecule has 0 aliphatic rings. The van der Waals surface area contributed by atoms with Crippen molar-refractivity contribution in [3.05, 3.63) is 65.6 Å². The van der Waals surface area contributed by atoms with Crippen molar-refractivity contribution in [2.45, 2.75) is 6.18 Å². The first-order chi connectivity index (χ1) is 12.6. The van der Waals surface area contributed by atoms with Crippen LogP contribution in [-0.2, 0) is 0 Å². The molecule has 4 nitrogen and oxygen atoms in total. The minimum atomic E-state index is -4.81. The fourth-order valence-electron chi connectivity index (χ4n) is 2.45. The number of amides is 1. The Morgan fingerprint density at radius 2 is 1.78 bits per heavy atom. The van der Waals surface area contributed by atoms with E-state index in [1.54, 1.807) is 0 Å². The van der Waals surface area contributed by atoms with Crippen LogP contribution >= 0.6 is 0 Å². The molecule has 0 saturated heterocycles. The Hall–Kier alpha value is -3.17. The lowest BCUT2D eigenvalue weighted by Gasteiger charge is -2.13. The fourth-order valence-corrected chi connectivity index (χ4v) is 2.45. The third-order valence-corrected chi connectivity index (χ3v) is 3.59. The third-order valence-electron chi connectivity index (χ3n) is 3.59. The van der Waals surface area contributed by atoms with Crippen LogP contribution in [0.3, 0.4) is 0 Å². The van der Waals surface area contributed by atoms with E-state index in [4.69, 9.17) is 5.73 Å². The van der Waals surface area contributed by atoms with Crippen LogP contribution in [0.2, 0.25) is 0 Å². The molecule has 2 N–H and O–H groups in total. The van der Waals surface area contributed by atoms with Gasteiger partial charge in [0.15, 0.2) is 17.5 Å². The number of hydrogen-bond donors (Lipinski definition) is 1. The van der Waals surface area contributed by atoms with Gasteiger partial charge in [-0.2, -0.15) is 13.2 Å². The van der Waals surface area contributed by atoms with Gasteiger partial charge >= 0.3 is 6.18 Å². The Labute approximate surface area is 147 Å². The number of pyridine rings is 2. The monoisotopic (exact) mass is 384 g/mol. The molecular formula is C17H8F6N3O. The second-order valence-corrected chi connectivity index (χ2v) is 5.46. The Kier molecular flexibility index (Phi) is 4.50. The maximum atomic E-state index is 14.0. The molecule has 1 aromatic carbocycles. The largest absolute Gasteiger partial charge is 0.396 e. The van der Waals surface area contributed by atoms with Gasteiger partial charge in [0.05, 0.1) is 12.1 Å². The summed E-state index contributed by atoms with van der Waals surface area (Å²) in [7, 11) is 0. The number of nitrogens with zero attached hydrogens (tertiary/aromatic N) is 2. The van der Waals surface area contributed by atoms with Crippen LogP contribution in [0.15, 0.2) is 30.5 Å². The van der Waals surface area contributed by atoms with Gasteiger partial charge in [-0.3, -0.25) is 9.78 Å². The molecule has 3 rings (SSSR count). The van der Waals surface area contributed by atoms with Gasteiger partial charge in [0.2, 0.25) is 0 Å². The van der Waals surface area contributed by atoms with E-state index in [0.717, 1.165) is 12.3 Å². The quantitative estimate of drug-likeness (QED) is 0.550. The number of hydrogen-bond acceptors (Lipinski definition) is 3. The van der Waals surface area contributed by atoms with Gasteiger partial charge in [-0.05, 0) is 23.8 Å². The predicted octanol–water partition coefficient (Wildman–Crippen LogP) is 3.93. The van der Waals surface area contributed by atoms with Gasteiger partial charge in [0, 0.05) is 23.2 Å². The smallest absolute Gasteiger partial charge is 0.364 e. The summed E-state index contributed by atoms with van der Waals surface area (Å²) >= 11 is 0. The summed E-state index contributed by atoms with van der Waals surface area (Å²) in [6.45, 7) is 0. The molecule has 0 fully saturated rings. The number of halogens is 6. The van der Waals surface area contributed by atoms with E-state index in [0.29, 0.717) is 6.07 Å². The van der Waals surface area contributed by atoms with Gasteiger partial charge in [-0.15, -0.1) is 0 Å². The van der Waals surface area contributed by atoms with Crippen LogP contribution in [0, 0.1) is 23.9 Å². The van der Waals surface area contributed by atoms with Crippen LogP contribution < -0.4 is 5.73 Å². The molecule has 139 valence electrons. The average molecular weight is 384 g/mol. The first-order valence-corrected chi connectivity index (χ1v) is 7.24. The highest BCUT2D eigenvalue weighted by molar-refractivity contribution is 5.91. The maximum Gasteiger partial charge on any atom is 0.396 e. The summed E-state index contributed by atoms with van der Waals surface area (Å²) in [6.07, 6.45) is -3.98. The molecule has 10 heteroatoms. The summed E-state index contributed by atoms with van der Waals surface area (Å²) in [5.41, 5.74) is 3.21. The van der Waals surface area contributed by atoms with E-state index in [9.17, 15) is 31.1 Å². The Morgan fingerprint density at radius 3 is 2.33 bits per heavy atom. The molecule has 0 bridgehead atoms. The molecular weight excluding hydrogens is 376 g/mol. The topological polar surface area (TPSA) is 68.9 Å². The Bertz CT molecular complexity index is 1050. The molecule has 3 aromatic rings. The van der Waals surface area contributed by atoms with Crippen LogP contribution in [0.5, 0.6) is 0 Å². The van der Waals surface area contributed by atoms with Gasteiger partial charge in [0.25, 0.3) is 5.91 Å². The van der Waals surface area contributed by atoms with Crippen LogP contribution in [0.1, 0.15) is 16.1 Å². The zero-order valence-corrected chi connectivity index (χ0v) is 13.1. The second-order valence-electron chi connectivity index (χ2n) is 5.46. The lowest BCUT2D eigenvalue weighted by Crippen LogP contribution is -2.13. The zero-order chi connectivity index (χ0) is 19.9. The molecule has 0 aliphatic heterocycles. The Balaban J connectivity index is 2.28. The molecule has 0 saturated carbocycles. The highest BCUT2D eigenvalue weighted by Crippen LogP contribution is 2.34. The first kappa shape index (κ1) is 18.6. The van der Waals surface area contributed by atoms with Crippen molar-refractivity contribution in [2.24, 2.45) is 5.73 Å². The van der Waals surface area contributed by atoms with Gasteiger partial charge in [-0.1, -0.05) is 0 Å². The van der Waals surface area contributed by atoms with Crippen molar-refractivity contribution in [3.8, 4) is 11.3 Å². The van der Waals surface area contributed by atoms with Gasteiger partial charge in [-0.25, -0.2) is 18.2 Å². The SMILES string of the molecule is NC(=O)c1ccc(-c2nc3c(F)cc(F)c(F)c3cc2[CH]C(F)(F)F)cn1.